The molecular weight excluding hydrogens is 166 g/mol. The molecule has 0 atom stereocenters. The Balaban J connectivity index is 2.58. The maximum atomic E-state index is 11.0. The summed E-state index contributed by atoms with van der Waals surface area (Å²) >= 11 is 0. The predicted molar refractivity (Wildman–Crippen MR) is 39.3 cm³/mol. The number of H-pyrrole nitrogens is 1. The van der Waals surface area contributed by atoms with Crippen molar-refractivity contribution in [3.05, 3.63) is 11.3 Å². The number of nitrogens with one attached hydrogen (secondary N) is 1. The molecule has 1 aromatic rings. The van der Waals surface area contributed by atoms with E-state index in [1.807, 2.05) is 0 Å². The van der Waals surface area contributed by atoms with Gasteiger partial charge >= 0.3 is 0 Å². The lowest BCUT2D eigenvalue weighted by atomic mass is 10.3. The first-order valence-corrected chi connectivity index (χ1v) is 4.93. The van der Waals surface area contributed by atoms with Gasteiger partial charge in [0.25, 0.3) is 0 Å². The summed E-state index contributed by atoms with van der Waals surface area (Å²) in [5, 5.41) is 6.28. The number of anilines is 1. The summed E-state index contributed by atoms with van der Waals surface area (Å²) in [5.41, 5.74) is 6.69. The average molecular weight is 173 g/mol. The molecule has 0 saturated carbocycles. The second-order valence-corrected chi connectivity index (χ2v) is 4.66. The molecule has 0 aliphatic carbocycles. The molecule has 2 rings (SSSR count). The fourth-order valence-corrected chi connectivity index (χ4v) is 2.73. The van der Waals surface area contributed by atoms with E-state index in [-0.39, 0.29) is 11.5 Å². The number of nitrogens with zero attached hydrogens (tertiary/aromatic N) is 1. The molecule has 0 bridgehead atoms. The number of aromatic amines is 1. The van der Waals surface area contributed by atoms with Crippen LogP contribution in [0, 0.1) is 0 Å². The van der Waals surface area contributed by atoms with E-state index in [1.165, 1.54) is 0 Å². The summed E-state index contributed by atoms with van der Waals surface area (Å²) < 4.78 is 22.0. The van der Waals surface area contributed by atoms with Gasteiger partial charge in [0.15, 0.2) is 9.84 Å². The first-order chi connectivity index (χ1) is 5.08. The monoisotopic (exact) mass is 173 g/mol. The van der Waals surface area contributed by atoms with E-state index in [9.17, 15) is 8.42 Å². The molecule has 0 unspecified atom stereocenters. The van der Waals surface area contributed by atoms with E-state index in [2.05, 4.69) is 10.2 Å². The summed E-state index contributed by atoms with van der Waals surface area (Å²) in [7, 11) is -2.94. The molecule has 3 N–H and O–H groups in total. The van der Waals surface area contributed by atoms with Crippen molar-refractivity contribution in [1.29, 1.82) is 0 Å². The van der Waals surface area contributed by atoms with Crippen molar-refractivity contribution in [2.24, 2.45) is 0 Å². The van der Waals surface area contributed by atoms with Gasteiger partial charge in [-0.1, -0.05) is 0 Å². The number of rotatable bonds is 0. The minimum atomic E-state index is -2.94. The van der Waals surface area contributed by atoms with Crippen LogP contribution in [-0.2, 0) is 21.3 Å². The normalized spacial score (nSPS) is 20.0. The smallest absolute Gasteiger partial charge is 0.160 e. The van der Waals surface area contributed by atoms with E-state index in [4.69, 9.17) is 5.73 Å². The van der Waals surface area contributed by atoms with Crippen LogP contribution in [0.3, 0.4) is 0 Å². The van der Waals surface area contributed by atoms with Crippen LogP contribution in [-0.4, -0.2) is 18.6 Å². The number of hydrogen-bond donors (Lipinski definition) is 2. The van der Waals surface area contributed by atoms with Crippen molar-refractivity contribution in [3.63, 3.8) is 0 Å². The molecule has 5 nitrogen and oxygen atoms in total. The van der Waals surface area contributed by atoms with Crippen molar-refractivity contribution in [2.75, 3.05) is 5.73 Å². The maximum Gasteiger partial charge on any atom is 0.160 e. The summed E-state index contributed by atoms with van der Waals surface area (Å²) in [6, 6.07) is 0. The number of aromatic nitrogens is 2. The molecule has 0 spiro atoms. The van der Waals surface area contributed by atoms with Gasteiger partial charge in [-0.3, -0.25) is 5.10 Å². The van der Waals surface area contributed by atoms with Gasteiger partial charge in [-0.15, -0.1) is 0 Å². The number of nitrogen functional groups attached to an aromatic ring is 1. The maximum absolute atomic E-state index is 11.0. The summed E-state index contributed by atoms with van der Waals surface area (Å²) in [5.74, 6) is 0.387. The lowest BCUT2D eigenvalue weighted by Crippen LogP contribution is -1.99. The van der Waals surface area contributed by atoms with Gasteiger partial charge in [0.2, 0.25) is 0 Å². The van der Waals surface area contributed by atoms with Crippen LogP contribution < -0.4 is 5.73 Å². The fraction of sp³-hybridized carbons (Fsp3) is 0.400. The fourth-order valence-electron chi connectivity index (χ4n) is 1.19. The standard InChI is InChI=1S/C5H7N3O2S/c6-5-3-1-11(9,10)2-4(3)7-8-5/h1-2H2,(H3,6,7,8). The Labute approximate surface area is 63.5 Å². The number of sulfone groups is 1. The van der Waals surface area contributed by atoms with Gasteiger partial charge in [0, 0.05) is 5.56 Å². The van der Waals surface area contributed by atoms with Crippen LogP contribution >= 0.6 is 0 Å². The van der Waals surface area contributed by atoms with Crippen LogP contribution in [0.5, 0.6) is 0 Å². The third-order valence-corrected chi connectivity index (χ3v) is 3.17. The lowest BCUT2D eigenvalue weighted by molar-refractivity contribution is 0.597. The molecule has 0 fully saturated rings. The molecule has 60 valence electrons. The number of hydrogen-bond acceptors (Lipinski definition) is 4. The molecule has 0 radical (unpaired) electrons. The van der Waals surface area contributed by atoms with Crippen LogP contribution in [0.2, 0.25) is 0 Å². The molecule has 11 heavy (non-hydrogen) atoms. The molecular formula is C5H7N3O2S. The summed E-state index contributed by atoms with van der Waals surface area (Å²) in [4.78, 5) is 0. The zero-order valence-corrected chi connectivity index (χ0v) is 6.48. The van der Waals surface area contributed by atoms with Crippen LogP contribution in [0.4, 0.5) is 5.82 Å². The Bertz CT molecular complexity index is 392. The Morgan fingerprint density at radius 3 is 2.82 bits per heavy atom. The molecule has 0 aromatic carbocycles. The minimum absolute atomic E-state index is 0.0324. The Morgan fingerprint density at radius 2 is 2.18 bits per heavy atom. The molecule has 6 heteroatoms. The minimum Gasteiger partial charge on any atom is -0.382 e. The molecule has 1 aliphatic rings. The highest BCUT2D eigenvalue weighted by Crippen LogP contribution is 2.26. The summed E-state index contributed by atoms with van der Waals surface area (Å²) in [6.45, 7) is 0. The molecule has 0 saturated heterocycles. The third kappa shape index (κ3) is 0.900. The number of fused-ring (bicyclic) bond motifs is 1. The Morgan fingerprint density at radius 1 is 1.45 bits per heavy atom. The van der Waals surface area contributed by atoms with Crippen LogP contribution in [0.25, 0.3) is 0 Å². The zero-order valence-electron chi connectivity index (χ0n) is 5.66. The van der Waals surface area contributed by atoms with Crippen molar-refractivity contribution in [3.8, 4) is 0 Å². The van der Waals surface area contributed by atoms with E-state index < -0.39 is 9.84 Å². The highest BCUT2D eigenvalue weighted by Gasteiger charge is 2.28. The van der Waals surface area contributed by atoms with Gasteiger partial charge in [-0.2, -0.15) is 5.10 Å². The molecule has 1 aromatic heterocycles. The highest BCUT2D eigenvalue weighted by atomic mass is 32.2. The van der Waals surface area contributed by atoms with E-state index in [0.29, 0.717) is 17.1 Å². The van der Waals surface area contributed by atoms with Gasteiger partial charge in [0.1, 0.15) is 5.82 Å². The highest BCUT2D eigenvalue weighted by molar-refractivity contribution is 7.90. The summed E-state index contributed by atoms with van der Waals surface area (Å²) in [6.07, 6.45) is 0. The Hall–Kier alpha value is -1.04. The van der Waals surface area contributed by atoms with Gasteiger partial charge < -0.3 is 5.73 Å². The number of nitrogens with two attached hydrogens (primary N) is 1. The average Bonchev–Trinajstić information content (AvgIpc) is 2.31. The molecule has 1 aliphatic heterocycles. The SMILES string of the molecule is Nc1n[nH]c2c1CS(=O)(=O)C2. The van der Waals surface area contributed by atoms with Crippen molar-refractivity contribution in [2.45, 2.75) is 11.5 Å². The van der Waals surface area contributed by atoms with Crippen molar-refractivity contribution in [1.82, 2.24) is 10.2 Å². The van der Waals surface area contributed by atoms with Crippen LogP contribution in [0.15, 0.2) is 0 Å². The van der Waals surface area contributed by atoms with Gasteiger partial charge in [-0.05, 0) is 0 Å². The van der Waals surface area contributed by atoms with E-state index in [1.54, 1.807) is 0 Å². The van der Waals surface area contributed by atoms with Gasteiger partial charge in [0.05, 0.1) is 17.2 Å². The quantitative estimate of drug-likeness (QED) is 0.549. The molecule has 2 heterocycles. The zero-order chi connectivity index (χ0) is 8.06. The van der Waals surface area contributed by atoms with Crippen molar-refractivity contribution < 1.29 is 8.42 Å². The van der Waals surface area contributed by atoms with Crippen molar-refractivity contribution >= 4 is 15.7 Å². The topological polar surface area (TPSA) is 88.8 Å². The molecule has 0 amide bonds. The second-order valence-electron chi connectivity index (χ2n) is 2.60. The second kappa shape index (κ2) is 1.76. The lowest BCUT2D eigenvalue weighted by Gasteiger charge is -1.88. The first kappa shape index (κ1) is 6.66. The Kier molecular flexibility index (Phi) is 1.07. The van der Waals surface area contributed by atoms with Crippen LogP contribution in [0.1, 0.15) is 11.3 Å². The van der Waals surface area contributed by atoms with E-state index >= 15 is 0 Å². The van der Waals surface area contributed by atoms with E-state index in [0.717, 1.165) is 0 Å². The third-order valence-electron chi connectivity index (χ3n) is 1.71. The largest absolute Gasteiger partial charge is 0.382 e. The first-order valence-electron chi connectivity index (χ1n) is 3.10. The van der Waals surface area contributed by atoms with Gasteiger partial charge in [-0.25, -0.2) is 8.42 Å². The predicted octanol–water partition coefficient (Wildman–Crippen LogP) is -0.580.